The second-order valence-corrected chi connectivity index (χ2v) is 5.90. The van der Waals surface area contributed by atoms with Crippen LogP contribution in [0, 0.1) is 0 Å². The van der Waals surface area contributed by atoms with Crippen LogP contribution < -0.4 is 5.56 Å². The van der Waals surface area contributed by atoms with Gasteiger partial charge in [0, 0.05) is 21.9 Å². The van der Waals surface area contributed by atoms with Crippen LogP contribution in [0.3, 0.4) is 0 Å². The molecular weight excluding hydrogens is 306 g/mol. The van der Waals surface area contributed by atoms with E-state index in [1.807, 2.05) is 6.07 Å². The van der Waals surface area contributed by atoms with Gasteiger partial charge in [0.2, 0.25) is 0 Å². The van der Waals surface area contributed by atoms with Crippen molar-refractivity contribution in [3.63, 3.8) is 0 Å². The summed E-state index contributed by atoms with van der Waals surface area (Å²) in [4.78, 5) is 25.8. The van der Waals surface area contributed by atoms with Gasteiger partial charge in [0.15, 0.2) is 5.78 Å². The summed E-state index contributed by atoms with van der Waals surface area (Å²) in [6, 6.07) is 14.1. The van der Waals surface area contributed by atoms with Gasteiger partial charge >= 0.3 is 0 Å². The van der Waals surface area contributed by atoms with Crippen LogP contribution in [0.1, 0.15) is 15.9 Å². The largest absolute Gasteiger partial charge is 0.394 e. The second-order valence-electron chi connectivity index (χ2n) is 5.90. The maximum absolute atomic E-state index is 12.9. The number of aliphatic hydroxyl groups excluding tert-OH is 2. The monoisotopic (exact) mass is 321 g/mol. The third kappa shape index (κ3) is 1.95. The molecule has 1 aromatic heterocycles. The van der Waals surface area contributed by atoms with E-state index in [1.54, 1.807) is 42.5 Å². The van der Waals surface area contributed by atoms with E-state index < -0.39 is 12.7 Å². The van der Waals surface area contributed by atoms with Gasteiger partial charge in [-0.15, -0.1) is 0 Å². The highest BCUT2D eigenvalue weighted by molar-refractivity contribution is 6.26. The lowest BCUT2D eigenvalue weighted by atomic mass is 10.0. The zero-order valence-electron chi connectivity index (χ0n) is 12.8. The molecular formula is C19H15NO4. The average molecular weight is 321 g/mol. The highest BCUT2D eigenvalue weighted by atomic mass is 16.3. The SMILES string of the molecule is O=C1c2ccccc2-c2c1c1ccccc1c(=O)n2C[C@@H](O)CO. The highest BCUT2D eigenvalue weighted by Gasteiger charge is 2.32. The summed E-state index contributed by atoms with van der Waals surface area (Å²) >= 11 is 0. The third-order valence-electron chi connectivity index (χ3n) is 4.44. The molecule has 2 N–H and O–H groups in total. The zero-order chi connectivity index (χ0) is 16.8. The summed E-state index contributed by atoms with van der Waals surface area (Å²) in [7, 11) is 0. The molecule has 3 aromatic rings. The first-order chi connectivity index (χ1) is 11.6. The Labute approximate surface area is 137 Å². The number of nitrogens with zero attached hydrogens (tertiary/aromatic N) is 1. The average Bonchev–Trinajstić information content (AvgIpc) is 2.92. The zero-order valence-corrected chi connectivity index (χ0v) is 12.8. The summed E-state index contributed by atoms with van der Waals surface area (Å²) in [6.45, 7) is -0.520. The molecule has 0 saturated carbocycles. The van der Waals surface area contributed by atoms with Crippen LogP contribution in [0.15, 0.2) is 53.3 Å². The molecule has 0 aliphatic heterocycles. The highest BCUT2D eigenvalue weighted by Crippen LogP contribution is 2.39. The van der Waals surface area contributed by atoms with Crippen LogP contribution in [0.4, 0.5) is 0 Å². The molecule has 0 unspecified atom stereocenters. The van der Waals surface area contributed by atoms with Gasteiger partial charge in [0.25, 0.3) is 5.56 Å². The maximum Gasteiger partial charge on any atom is 0.259 e. The Hall–Kier alpha value is -2.76. The van der Waals surface area contributed by atoms with Gasteiger partial charge in [0.05, 0.1) is 30.5 Å². The number of carbonyl (C=O) groups is 1. The molecule has 0 fully saturated rings. The molecule has 0 radical (unpaired) electrons. The molecule has 120 valence electrons. The Morgan fingerprint density at radius 3 is 2.25 bits per heavy atom. The number of benzene rings is 2. The fraction of sp³-hybridized carbons (Fsp3) is 0.158. The van der Waals surface area contributed by atoms with Crippen molar-refractivity contribution in [3.8, 4) is 11.3 Å². The first-order valence-corrected chi connectivity index (χ1v) is 7.72. The Bertz CT molecular complexity index is 1040. The van der Waals surface area contributed by atoms with Crippen molar-refractivity contribution >= 4 is 16.6 Å². The minimum atomic E-state index is -1.07. The summed E-state index contributed by atoms with van der Waals surface area (Å²) in [5.74, 6) is -0.121. The van der Waals surface area contributed by atoms with E-state index in [0.29, 0.717) is 33.2 Å². The Morgan fingerprint density at radius 2 is 1.54 bits per heavy atom. The summed E-state index contributed by atoms with van der Waals surface area (Å²) < 4.78 is 1.41. The molecule has 4 rings (SSSR count). The topological polar surface area (TPSA) is 79.5 Å². The van der Waals surface area contributed by atoms with Crippen molar-refractivity contribution in [3.05, 3.63) is 70.0 Å². The first-order valence-electron chi connectivity index (χ1n) is 7.72. The van der Waals surface area contributed by atoms with Crippen LogP contribution in [-0.2, 0) is 6.54 Å². The number of ketones is 1. The van der Waals surface area contributed by atoms with Crippen molar-refractivity contribution in [1.82, 2.24) is 4.57 Å². The smallest absolute Gasteiger partial charge is 0.259 e. The van der Waals surface area contributed by atoms with Gasteiger partial charge in [-0.3, -0.25) is 9.59 Å². The summed E-state index contributed by atoms with van der Waals surface area (Å²) in [5.41, 5.74) is 1.96. The lowest BCUT2D eigenvalue weighted by Crippen LogP contribution is -2.30. The van der Waals surface area contributed by atoms with Crippen molar-refractivity contribution in [2.75, 3.05) is 6.61 Å². The van der Waals surface area contributed by atoms with Crippen molar-refractivity contribution in [1.29, 1.82) is 0 Å². The standard InChI is InChI=1S/C19H15NO4/c21-10-11(22)9-20-17-13-6-2-3-7-14(13)18(23)16(17)12-5-1-4-8-15(12)19(20)24/h1-8,11,21-22H,9-10H2/t11-/m1/s1. The number of fused-ring (bicyclic) bond motifs is 5. The first kappa shape index (κ1) is 14.8. The maximum atomic E-state index is 12.9. The molecule has 0 saturated heterocycles. The predicted molar refractivity (Wildman–Crippen MR) is 90.2 cm³/mol. The normalized spacial score (nSPS) is 13.8. The van der Waals surface area contributed by atoms with E-state index in [1.165, 1.54) is 4.57 Å². The quantitative estimate of drug-likeness (QED) is 0.600. The molecule has 0 amide bonds. The predicted octanol–water partition coefficient (Wildman–Crippen LogP) is 1.57. The Morgan fingerprint density at radius 1 is 0.917 bits per heavy atom. The Kier molecular flexibility index (Phi) is 3.33. The van der Waals surface area contributed by atoms with Crippen LogP contribution in [0.25, 0.3) is 22.0 Å². The van der Waals surface area contributed by atoms with Gasteiger partial charge < -0.3 is 14.8 Å². The molecule has 1 aliphatic rings. The molecule has 2 aromatic carbocycles. The second kappa shape index (κ2) is 5.40. The number of hydrogen-bond acceptors (Lipinski definition) is 4. The molecule has 24 heavy (non-hydrogen) atoms. The van der Waals surface area contributed by atoms with E-state index >= 15 is 0 Å². The van der Waals surface area contributed by atoms with Gasteiger partial charge in [-0.25, -0.2) is 0 Å². The van der Waals surface area contributed by atoms with Gasteiger partial charge in [-0.2, -0.15) is 0 Å². The van der Waals surface area contributed by atoms with Crippen LogP contribution in [-0.4, -0.2) is 33.3 Å². The molecule has 1 heterocycles. The van der Waals surface area contributed by atoms with Crippen LogP contribution >= 0.6 is 0 Å². The van der Waals surface area contributed by atoms with E-state index in [-0.39, 0.29) is 17.9 Å². The number of hydrogen-bond donors (Lipinski definition) is 2. The third-order valence-corrected chi connectivity index (χ3v) is 4.44. The molecule has 1 aliphatic carbocycles. The molecule has 5 nitrogen and oxygen atoms in total. The fourth-order valence-electron chi connectivity index (χ4n) is 3.37. The Balaban J connectivity index is 2.15. The number of aliphatic hydroxyl groups is 2. The number of pyridine rings is 1. The minimum Gasteiger partial charge on any atom is -0.394 e. The number of rotatable bonds is 3. The minimum absolute atomic E-state index is 0.0654. The van der Waals surface area contributed by atoms with E-state index in [4.69, 9.17) is 5.11 Å². The molecule has 0 spiro atoms. The van der Waals surface area contributed by atoms with Gasteiger partial charge in [-0.05, 0) is 6.07 Å². The summed E-state index contributed by atoms with van der Waals surface area (Å²) in [6.07, 6.45) is -1.07. The number of carbonyl (C=O) groups excluding carboxylic acids is 1. The molecule has 5 heteroatoms. The van der Waals surface area contributed by atoms with E-state index in [2.05, 4.69) is 0 Å². The van der Waals surface area contributed by atoms with Crippen molar-refractivity contribution in [2.45, 2.75) is 12.6 Å². The van der Waals surface area contributed by atoms with E-state index in [0.717, 1.165) is 0 Å². The van der Waals surface area contributed by atoms with Gasteiger partial charge in [-0.1, -0.05) is 42.5 Å². The molecule has 0 bridgehead atoms. The van der Waals surface area contributed by atoms with Crippen LogP contribution in [0.5, 0.6) is 0 Å². The van der Waals surface area contributed by atoms with Crippen LogP contribution in [0.2, 0.25) is 0 Å². The fourth-order valence-corrected chi connectivity index (χ4v) is 3.37. The lowest BCUT2D eigenvalue weighted by molar-refractivity contribution is 0.0808. The number of aromatic nitrogens is 1. The van der Waals surface area contributed by atoms with Crippen molar-refractivity contribution < 1.29 is 15.0 Å². The van der Waals surface area contributed by atoms with E-state index in [9.17, 15) is 14.7 Å². The van der Waals surface area contributed by atoms with Gasteiger partial charge in [0.1, 0.15) is 0 Å². The lowest BCUT2D eigenvalue weighted by Gasteiger charge is -2.17. The van der Waals surface area contributed by atoms with Crippen molar-refractivity contribution in [2.24, 2.45) is 0 Å². The summed E-state index contributed by atoms with van der Waals surface area (Å²) in [5, 5.41) is 20.1. The molecule has 1 atom stereocenters.